The van der Waals surface area contributed by atoms with Crippen LogP contribution in [0.4, 0.5) is 4.79 Å². The van der Waals surface area contributed by atoms with Crippen LogP contribution in [0.3, 0.4) is 0 Å². The molecule has 1 aliphatic rings. The molecule has 0 aromatic rings. The van der Waals surface area contributed by atoms with Crippen molar-refractivity contribution in [2.45, 2.75) is 19.9 Å². The molecule has 0 aromatic carbocycles. The number of hydrogen-bond acceptors (Lipinski definition) is 2. The van der Waals surface area contributed by atoms with E-state index in [1.807, 2.05) is 19.9 Å². The Hall–Kier alpha value is -1.03. The molecule has 1 unspecified atom stereocenters. The Balaban J connectivity index is 2.84. The number of nitrogens with zero attached hydrogens (tertiary/aromatic N) is 2. The molecule has 0 radical (unpaired) electrons. The maximum Gasteiger partial charge on any atom is 0.324 e. The fraction of sp³-hybridized carbons (Fsp3) is 0.667. The summed E-state index contributed by atoms with van der Waals surface area (Å²) in [4.78, 5) is 14.9. The summed E-state index contributed by atoms with van der Waals surface area (Å²) in [5.41, 5.74) is 0.921. The molecule has 1 atom stereocenters. The summed E-state index contributed by atoms with van der Waals surface area (Å²) in [5, 5.41) is 8.77. The van der Waals surface area contributed by atoms with Gasteiger partial charge in [0.2, 0.25) is 0 Å². The second-order valence-corrected chi connectivity index (χ2v) is 3.32. The zero-order valence-electron chi connectivity index (χ0n) is 8.32. The minimum Gasteiger partial charge on any atom is -0.395 e. The minimum absolute atomic E-state index is 0.000852. The van der Waals surface area contributed by atoms with Crippen molar-refractivity contribution >= 4 is 6.03 Å². The highest BCUT2D eigenvalue weighted by molar-refractivity contribution is 5.77. The Labute approximate surface area is 78.4 Å². The van der Waals surface area contributed by atoms with Crippen LogP contribution in [0.25, 0.3) is 0 Å². The van der Waals surface area contributed by atoms with E-state index in [1.54, 1.807) is 16.8 Å². The lowest BCUT2D eigenvalue weighted by atomic mass is 10.2. The van der Waals surface area contributed by atoms with E-state index >= 15 is 0 Å². The smallest absolute Gasteiger partial charge is 0.324 e. The number of amides is 2. The summed E-state index contributed by atoms with van der Waals surface area (Å²) in [5.74, 6) is 0. The first-order valence-electron chi connectivity index (χ1n) is 4.41. The molecule has 0 saturated carbocycles. The topological polar surface area (TPSA) is 43.8 Å². The summed E-state index contributed by atoms with van der Waals surface area (Å²) in [6, 6.07) is 0.101. The molecule has 1 N–H and O–H groups in total. The van der Waals surface area contributed by atoms with Gasteiger partial charge in [-0.1, -0.05) is 0 Å². The lowest BCUT2D eigenvalue weighted by Gasteiger charge is -2.36. The first kappa shape index (κ1) is 10.1. The predicted octanol–water partition coefficient (Wildman–Crippen LogP) is 0.638. The molecule has 0 spiro atoms. The van der Waals surface area contributed by atoms with Crippen molar-refractivity contribution in [3.8, 4) is 0 Å². The van der Waals surface area contributed by atoms with E-state index in [9.17, 15) is 4.79 Å². The number of allylic oxidation sites excluding steroid dienone is 1. The molecule has 1 aliphatic heterocycles. The molecular weight excluding hydrogens is 168 g/mol. The van der Waals surface area contributed by atoms with Gasteiger partial charge >= 0.3 is 6.03 Å². The van der Waals surface area contributed by atoms with Gasteiger partial charge < -0.3 is 10.0 Å². The lowest BCUT2D eigenvalue weighted by Crippen LogP contribution is -2.48. The summed E-state index contributed by atoms with van der Waals surface area (Å²) in [6.07, 6.45) is 2.01. The Morgan fingerprint density at radius 3 is 2.77 bits per heavy atom. The monoisotopic (exact) mass is 184 g/mol. The van der Waals surface area contributed by atoms with Gasteiger partial charge in [-0.05, 0) is 19.9 Å². The number of rotatable bonds is 2. The molecular formula is C9H16N2O2. The van der Waals surface area contributed by atoms with E-state index in [-0.39, 0.29) is 18.7 Å². The van der Waals surface area contributed by atoms with Crippen LogP contribution in [-0.2, 0) is 0 Å². The summed E-state index contributed by atoms with van der Waals surface area (Å²) in [6.45, 7) is 4.23. The van der Waals surface area contributed by atoms with Crippen LogP contribution < -0.4 is 0 Å². The van der Waals surface area contributed by atoms with Crippen molar-refractivity contribution in [1.82, 2.24) is 9.80 Å². The largest absolute Gasteiger partial charge is 0.395 e. The Morgan fingerprint density at radius 1 is 1.62 bits per heavy atom. The van der Waals surface area contributed by atoms with Crippen molar-refractivity contribution in [3.63, 3.8) is 0 Å². The Bertz CT molecular complexity index is 238. The van der Waals surface area contributed by atoms with E-state index < -0.39 is 0 Å². The molecule has 0 bridgehead atoms. The molecule has 4 nitrogen and oxygen atoms in total. The number of β-amino-alcohol motifs (C(OH)–C–C–N with tert-alkyl or cyclic N) is 1. The summed E-state index contributed by atoms with van der Waals surface area (Å²) >= 11 is 0. The van der Waals surface area contributed by atoms with Crippen molar-refractivity contribution in [2.24, 2.45) is 0 Å². The van der Waals surface area contributed by atoms with Gasteiger partial charge in [-0.15, -0.1) is 0 Å². The van der Waals surface area contributed by atoms with Crippen LogP contribution in [0, 0.1) is 0 Å². The molecule has 1 heterocycles. The van der Waals surface area contributed by atoms with E-state index in [2.05, 4.69) is 0 Å². The van der Waals surface area contributed by atoms with Gasteiger partial charge in [0.15, 0.2) is 0 Å². The zero-order chi connectivity index (χ0) is 10.0. The fourth-order valence-corrected chi connectivity index (χ4v) is 1.44. The third kappa shape index (κ3) is 1.83. The van der Waals surface area contributed by atoms with Gasteiger partial charge in [0.05, 0.1) is 19.2 Å². The predicted molar refractivity (Wildman–Crippen MR) is 50.2 cm³/mol. The van der Waals surface area contributed by atoms with Crippen LogP contribution >= 0.6 is 0 Å². The van der Waals surface area contributed by atoms with Crippen LogP contribution in [0.5, 0.6) is 0 Å². The molecule has 74 valence electrons. The molecule has 0 saturated heterocycles. The highest BCUT2D eigenvalue weighted by Gasteiger charge is 2.26. The SMILES string of the molecule is CC1=CC(C)N(C)C(=O)N1CCO. The molecule has 13 heavy (non-hydrogen) atoms. The molecule has 0 fully saturated rings. The standard InChI is InChI=1S/C9H16N2O2/c1-7-6-8(2)11(4-5-12)9(13)10(7)3/h6-7,12H,4-5H2,1-3H3. The molecule has 1 rings (SSSR count). The maximum atomic E-state index is 11.6. The fourth-order valence-electron chi connectivity index (χ4n) is 1.44. The number of aliphatic hydroxyl groups is 1. The summed E-state index contributed by atoms with van der Waals surface area (Å²) < 4.78 is 0. The van der Waals surface area contributed by atoms with Crippen LogP contribution in [0.15, 0.2) is 11.8 Å². The Morgan fingerprint density at radius 2 is 2.23 bits per heavy atom. The van der Waals surface area contributed by atoms with Gasteiger partial charge in [0, 0.05) is 12.7 Å². The quantitative estimate of drug-likeness (QED) is 0.684. The van der Waals surface area contributed by atoms with E-state index in [1.165, 1.54) is 0 Å². The van der Waals surface area contributed by atoms with Gasteiger partial charge in [0.1, 0.15) is 0 Å². The van der Waals surface area contributed by atoms with Gasteiger partial charge in [-0.2, -0.15) is 0 Å². The van der Waals surface area contributed by atoms with E-state index in [0.717, 1.165) is 5.70 Å². The number of likely N-dealkylation sites (N-methyl/N-ethyl adjacent to an activating group) is 1. The molecule has 0 aromatic heterocycles. The Kier molecular flexibility index (Phi) is 2.93. The highest BCUT2D eigenvalue weighted by Crippen LogP contribution is 2.16. The van der Waals surface area contributed by atoms with Crippen LogP contribution in [-0.4, -0.2) is 47.2 Å². The second kappa shape index (κ2) is 3.79. The third-order valence-corrected chi connectivity index (χ3v) is 2.38. The van der Waals surface area contributed by atoms with Crippen molar-refractivity contribution < 1.29 is 9.90 Å². The van der Waals surface area contributed by atoms with Crippen molar-refractivity contribution in [1.29, 1.82) is 0 Å². The number of aliphatic hydroxyl groups excluding tert-OH is 1. The molecule has 0 aliphatic carbocycles. The number of urea groups is 1. The van der Waals surface area contributed by atoms with Crippen LogP contribution in [0.2, 0.25) is 0 Å². The number of carbonyl (C=O) groups is 1. The normalized spacial score (nSPS) is 23.5. The number of hydrogen-bond donors (Lipinski definition) is 1. The van der Waals surface area contributed by atoms with Crippen LogP contribution in [0.1, 0.15) is 13.8 Å². The lowest BCUT2D eigenvalue weighted by molar-refractivity contribution is 0.148. The van der Waals surface area contributed by atoms with Crippen molar-refractivity contribution in [3.05, 3.63) is 11.8 Å². The van der Waals surface area contributed by atoms with Gasteiger partial charge in [0.25, 0.3) is 0 Å². The minimum atomic E-state index is -0.0402. The molecule has 2 amide bonds. The average Bonchev–Trinajstić information content (AvgIpc) is 2.09. The first-order chi connectivity index (χ1) is 6.07. The summed E-state index contributed by atoms with van der Waals surface area (Å²) in [7, 11) is 1.76. The second-order valence-electron chi connectivity index (χ2n) is 3.32. The first-order valence-corrected chi connectivity index (χ1v) is 4.41. The average molecular weight is 184 g/mol. The van der Waals surface area contributed by atoms with Crippen molar-refractivity contribution in [2.75, 3.05) is 20.2 Å². The zero-order valence-corrected chi connectivity index (χ0v) is 8.32. The maximum absolute atomic E-state index is 11.6. The number of carbonyl (C=O) groups excluding carboxylic acids is 1. The van der Waals surface area contributed by atoms with Gasteiger partial charge in [-0.3, -0.25) is 4.90 Å². The highest BCUT2D eigenvalue weighted by atomic mass is 16.3. The third-order valence-electron chi connectivity index (χ3n) is 2.38. The molecule has 4 heteroatoms. The van der Waals surface area contributed by atoms with Gasteiger partial charge in [-0.25, -0.2) is 4.79 Å². The van der Waals surface area contributed by atoms with E-state index in [0.29, 0.717) is 6.54 Å². The van der Waals surface area contributed by atoms with E-state index in [4.69, 9.17) is 5.11 Å².